The molecule has 1 unspecified atom stereocenters. The summed E-state index contributed by atoms with van der Waals surface area (Å²) in [6.07, 6.45) is 5.58. The lowest BCUT2D eigenvalue weighted by Gasteiger charge is -2.33. The zero-order chi connectivity index (χ0) is 13.9. The molecule has 1 aromatic heterocycles. The molecule has 20 heavy (non-hydrogen) atoms. The van der Waals surface area contributed by atoms with Gasteiger partial charge in [0.1, 0.15) is 0 Å². The van der Waals surface area contributed by atoms with Gasteiger partial charge in [0.2, 0.25) is 5.91 Å². The molecular weight excluding hydrogens is 250 g/mol. The molecule has 2 aromatic rings. The fourth-order valence-corrected chi connectivity index (χ4v) is 2.88. The molecule has 3 rings (SSSR count). The maximum Gasteiger partial charge on any atom is 0.244 e. The first kappa shape index (κ1) is 13.1. The summed E-state index contributed by atoms with van der Waals surface area (Å²) in [6.45, 7) is 3.64. The number of aromatic nitrogens is 1. The summed E-state index contributed by atoms with van der Waals surface area (Å²) >= 11 is 0. The van der Waals surface area contributed by atoms with E-state index in [-0.39, 0.29) is 11.9 Å². The highest BCUT2D eigenvalue weighted by atomic mass is 16.2. The van der Waals surface area contributed by atoms with E-state index < -0.39 is 0 Å². The average Bonchev–Trinajstić information content (AvgIpc) is 2.49. The Morgan fingerprint density at radius 1 is 1.40 bits per heavy atom. The first-order valence-electron chi connectivity index (χ1n) is 7.18. The van der Waals surface area contributed by atoms with Crippen molar-refractivity contribution in [1.29, 1.82) is 0 Å². The average molecular weight is 269 g/mol. The fourth-order valence-electron chi connectivity index (χ4n) is 2.88. The number of benzene rings is 1. The van der Waals surface area contributed by atoms with E-state index in [1.807, 2.05) is 36.2 Å². The van der Waals surface area contributed by atoms with Crippen molar-refractivity contribution in [3.8, 4) is 0 Å². The molecule has 1 atom stereocenters. The van der Waals surface area contributed by atoms with E-state index in [1.54, 1.807) is 6.20 Å². The maximum absolute atomic E-state index is 12.6. The van der Waals surface area contributed by atoms with Crippen LogP contribution in [-0.2, 0) is 4.79 Å². The summed E-state index contributed by atoms with van der Waals surface area (Å²) in [5, 5.41) is 5.44. The van der Waals surface area contributed by atoms with Crippen molar-refractivity contribution < 1.29 is 4.79 Å². The number of nitrogens with zero attached hydrogens (tertiary/aromatic N) is 2. The number of nitrogens with one attached hydrogen (secondary N) is 1. The Balaban J connectivity index is 2.00. The van der Waals surface area contributed by atoms with Crippen LogP contribution in [0.15, 0.2) is 36.7 Å². The molecule has 1 saturated heterocycles. The van der Waals surface area contributed by atoms with E-state index in [2.05, 4.69) is 16.4 Å². The SMILES string of the molecule is CCNC1CCCN(c2cccc3ccncc23)C1=O. The molecule has 0 aliphatic carbocycles. The van der Waals surface area contributed by atoms with Gasteiger partial charge in [0, 0.05) is 24.3 Å². The highest BCUT2D eigenvalue weighted by Crippen LogP contribution is 2.28. The molecule has 4 nitrogen and oxygen atoms in total. The van der Waals surface area contributed by atoms with Crippen LogP contribution in [0.25, 0.3) is 10.8 Å². The first-order valence-corrected chi connectivity index (χ1v) is 7.18. The molecule has 0 radical (unpaired) electrons. The van der Waals surface area contributed by atoms with E-state index >= 15 is 0 Å². The van der Waals surface area contributed by atoms with Crippen LogP contribution in [0.4, 0.5) is 5.69 Å². The Kier molecular flexibility index (Phi) is 3.65. The highest BCUT2D eigenvalue weighted by molar-refractivity contribution is 6.05. The Morgan fingerprint density at radius 3 is 3.15 bits per heavy atom. The molecule has 0 saturated carbocycles. The van der Waals surface area contributed by atoms with Gasteiger partial charge in [-0.05, 0) is 36.9 Å². The Hall–Kier alpha value is -1.94. The van der Waals surface area contributed by atoms with Gasteiger partial charge < -0.3 is 10.2 Å². The molecule has 104 valence electrons. The minimum atomic E-state index is -0.0549. The number of carbonyl (C=O) groups is 1. The number of carbonyl (C=O) groups excluding carboxylic acids is 1. The molecule has 1 amide bonds. The predicted molar refractivity (Wildman–Crippen MR) is 80.8 cm³/mol. The first-order chi connectivity index (χ1) is 9.81. The van der Waals surface area contributed by atoms with Crippen LogP contribution in [0, 0.1) is 0 Å². The smallest absolute Gasteiger partial charge is 0.244 e. The molecule has 0 spiro atoms. The van der Waals surface area contributed by atoms with Crippen molar-refractivity contribution in [3.05, 3.63) is 36.7 Å². The van der Waals surface area contributed by atoms with Crippen molar-refractivity contribution in [2.75, 3.05) is 18.0 Å². The molecule has 1 N–H and O–H groups in total. The van der Waals surface area contributed by atoms with Crippen LogP contribution >= 0.6 is 0 Å². The van der Waals surface area contributed by atoms with Crippen molar-refractivity contribution in [3.63, 3.8) is 0 Å². The highest BCUT2D eigenvalue weighted by Gasteiger charge is 2.29. The number of pyridine rings is 1. The van der Waals surface area contributed by atoms with Crippen LogP contribution in [0.2, 0.25) is 0 Å². The van der Waals surface area contributed by atoms with Crippen LogP contribution in [0.5, 0.6) is 0 Å². The molecule has 0 bridgehead atoms. The fraction of sp³-hybridized carbons (Fsp3) is 0.375. The van der Waals surface area contributed by atoms with Crippen molar-refractivity contribution in [2.24, 2.45) is 0 Å². The topological polar surface area (TPSA) is 45.2 Å². The molecule has 1 aromatic carbocycles. The summed E-state index contributed by atoms with van der Waals surface area (Å²) in [6, 6.07) is 7.99. The predicted octanol–water partition coefficient (Wildman–Crippen LogP) is 2.34. The van der Waals surface area contributed by atoms with Gasteiger partial charge in [-0.1, -0.05) is 19.1 Å². The second-order valence-electron chi connectivity index (χ2n) is 5.12. The number of likely N-dealkylation sites (N-methyl/N-ethyl adjacent to an activating group) is 1. The lowest BCUT2D eigenvalue weighted by molar-refractivity contribution is -0.121. The Labute approximate surface area is 118 Å². The van der Waals surface area contributed by atoms with Gasteiger partial charge >= 0.3 is 0 Å². The molecule has 1 fully saturated rings. The second kappa shape index (κ2) is 5.59. The number of piperidine rings is 1. The van der Waals surface area contributed by atoms with Crippen molar-refractivity contribution >= 4 is 22.4 Å². The monoisotopic (exact) mass is 269 g/mol. The number of amides is 1. The third-order valence-electron chi connectivity index (χ3n) is 3.84. The van der Waals surface area contributed by atoms with Crippen LogP contribution in [0.1, 0.15) is 19.8 Å². The van der Waals surface area contributed by atoms with Gasteiger partial charge in [0.25, 0.3) is 0 Å². The van der Waals surface area contributed by atoms with E-state index in [0.29, 0.717) is 0 Å². The number of fused-ring (bicyclic) bond motifs is 1. The summed E-state index contributed by atoms with van der Waals surface area (Å²) in [5.74, 6) is 0.175. The van der Waals surface area contributed by atoms with Gasteiger partial charge in [0.15, 0.2) is 0 Å². The lowest BCUT2D eigenvalue weighted by atomic mass is 10.0. The number of hydrogen-bond donors (Lipinski definition) is 1. The largest absolute Gasteiger partial charge is 0.310 e. The van der Waals surface area contributed by atoms with Gasteiger partial charge in [-0.2, -0.15) is 0 Å². The zero-order valence-corrected chi connectivity index (χ0v) is 11.7. The summed E-state index contributed by atoms with van der Waals surface area (Å²) < 4.78 is 0. The molecule has 1 aliphatic rings. The second-order valence-corrected chi connectivity index (χ2v) is 5.12. The van der Waals surface area contributed by atoms with Gasteiger partial charge in [-0.15, -0.1) is 0 Å². The maximum atomic E-state index is 12.6. The van der Waals surface area contributed by atoms with Gasteiger partial charge in [-0.25, -0.2) is 0 Å². The van der Waals surface area contributed by atoms with Crippen LogP contribution in [-0.4, -0.2) is 30.0 Å². The minimum Gasteiger partial charge on any atom is -0.310 e. The normalized spacial score (nSPS) is 19.6. The van der Waals surface area contributed by atoms with Crippen LogP contribution in [0.3, 0.4) is 0 Å². The molecular formula is C16H19N3O. The van der Waals surface area contributed by atoms with E-state index in [1.165, 1.54) is 0 Å². The number of hydrogen-bond acceptors (Lipinski definition) is 3. The third kappa shape index (κ3) is 2.27. The van der Waals surface area contributed by atoms with Gasteiger partial charge in [-0.3, -0.25) is 9.78 Å². The Morgan fingerprint density at radius 2 is 2.30 bits per heavy atom. The summed E-state index contributed by atoms with van der Waals surface area (Å²) in [5.41, 5.74) is 0.975. The zero-order valence-electron chi connectivity index (χ0n) is 11.7. The quantitative estimate of drug-likeness (QED) is 0.930. The van der Waals surface area contributed by atoms with Crippen molar-refractivity contribution in [2.45, 2.75) is 25.8 Å². The summed E-state index contributed by atoms with van der Waals surface area (Å²) in [4.78, 5) is 18.7. The van der Waals surface area contributed by atoms with E-state index in [9.17, 15) is 4.79 Å². The third-order valence-corrected chi connectivity index (χ3v) is 3.84. The number of anilines is 1. The summed E-state index contributed by atoms with van der Waals surface area (Å²) in [7, 11) is 0. The van der Waals surface area contributed by atoms with Gasteiger partial charge in [0.05, 0.1) is 11.7 Å². The Bertz CT molecular complexity index is 619. The number of rotatable bonds is 3. The van der Waals surface area contributed by atoms with Crippen molar-refractivity contribution in [1.82, 2.24) is 10.3 Å². The minimum absolute atomic E-state index is 0.0549. The molecule has 1 aliphatic heterocycles. The van der Waals surface area contributed by atoms with Crippen LogP contribution < -0.4 is 10.2 Å². The van der Waals surface area contributed by atoms with E-state index in [0.717, 1.165) is 42.4 Å². The lowest BCUT2D eigenvalue weighted by Crippen LogP contribution is -2.50. The molecule has 4 heteroatoms. The molecule has 2 heterocycles. The van der Waals surface area contributed by atoms with E-state index in [4.69, 9.17) is 0 Å². The standard InChI is InChI=1S/C16H19N3O/c1-2-18-14-6-4-10-19(16(14)20)15-7-3-5-12-8-9-17-11-13(12)15/h3,5,7-9,11,14,18H,2,4,6,10H2,1H3.